The minimum absolute atomic E-state index is 0. The van der Waals surface area contributed by atoms with E-state index in [0.717, 1.165) is 165 Å². The molecule has 0 spiro atoms. The molecule has 0 aromatic carbocycles. The normalized spacial score (nSPS) is 9.40. The number of hydrogen-bond acceptors (Lipinski definition) is 32. The first kappa shape index (κ1) is 167. The van der Waals surface area contributed by atoms with E-state index in [2.05, 4.69) is 55.5 Å². The van der Waals surface area contributed by atoms with Crippen molar-refractivity contribution in [2.75, 3.05) is 151 Å². The Kier molecular flexibility index (Phi) is 183. The number of unbranched alkanes of at least 4 members (excludes halogenated alkanes) is 19. The molecule has 0 unspecified atom stereocenters. The Morgan fingerprint density at radius 2 is 0.581 bits per heavy atom. The van der Waals surface area contributed by atoms with Crippen LogP contribution in [0.3, 0.4) is 0 Å². The summed E-state index contributed by atoms with van der Waals surface area (Å²) < 4.78 is 49.1. The number of carbonyl (C=O) groups excluding carboxylic acids is 4. The third kappa shape index (κ3) is 124. The smallest absolute Gasteiger partial charge is 0.813 e. The van der Waals surface area contributed by atoms with E-state index in [4.69, 9.17) is 211 Å². The number of rotatable bonds is 74. The first-order valence-electron chi connectivity index (χ1n) is 35.3. The van der Waals surface area contributed by atoms with Crippen LogP contribution in [-0.4, -0.2) is 243 Å². The van der Waals surface area contributed by atoms with E-state index in [1.807, 2.05) is 9.80 Å². The molecule has 0 aliphatic rings. The molecule has 0 radical (unpaired) electrons. The summed E-state index contributed by atoms with van der Waals surface area (Å²) in [5, 5.41) is 11.6. The maximum atomic E-state index is 12.9. The van der Waals surface area contributed by atoms with Gasteiger partial charge in [0.25, 0.3) is 0 Å². The maximum Gasteiger partial charge on any atom is 1.00 e. The summed E-state index contributed by atoms with van der Waals surface area (Å²) in [4.78, 5) is 58.7. The Balaban J connectivity index is -0.000000217. The standard InChI is InChI=1S/C59H98N6O12S12.C9H16NS3.10Na.5H2S/c66-51(21-31-62(48-79)27-15-7-1-2-11-19-43-78)74-39-35-70-44-59(45-71-36-40-75-52(67)22-32-63(49-80)28-16-9-5-13-25-60-56(84)85,46-72-37-41-76-53(68)23-33-64(50-81)29-17-10-6-14-26-61-57(86)87)47-73-38-42-77-54(69)24-34-65(58(88)89)30-18-8-3-4-12-20-55(82)83;11-8-10-7-5-3-1-2-4-6-9(12)13;;;;;;;;;;;;;;;/h1-42,44-47H2,(H,82,83)(H,88,89)(H2,60,84,85)(H2,61,86,87);1-7H2,(H,10,11)(H,12,13);;;;;;;;;;;5*1H2/q-4;-1;10*+1;;;;;/p-10. The molecule has 0 fully saturated rings. The fourth-order valence-electron chi connectivity index (χ4n) is 9.50. The second-order valence-electron chi connectivity index (χ2n) is 23.8. The van der Waals surface area contributed by atoms with Crippen LogP contribution in [0.25, 0.3) is 0 Å². The Bertz CT molecular complexity index is 2280. The number of carbonyl (C=O) groups is 4. The molecule has 0 bridgehead atoms. The Morgan fingerprint density at radius 1 is 0.316 bits per heavy atom. The first-order valence-corrected chi connectivity index (χ1v) is 41.4. The first-order chi connectivity index (χ1) is 49.3. The van der Waals surface area contributed by atoms with Gasteiger partial charge in [0, 0.05) is 26.2 Å². The molecule has 19 nitrogen and oxygen atoms in total. The minimum Gasteiger partial charge on any atom is -0.813 e. The van der Waals surface area contributed by atoms with Gasteiger partial charge < -0.3 is 354 Å². The van der Waals surface area contributed by atoms with Crippen LogP contribution in [0.15, 0.2) is 0 Å². The topological polar surface area (TPSA) is 191 Å². The van der Waals surface area contributed by atoms with Crippen LogP contribution in [0.5, 0.6) is 0 Å². The van der Waals surface area contributed by atoms with Crippen molar-refractivity contribution in [2.45, 2.75) is 193 Å². The average molecular weight is 2090 g/mol. The molecular formula is C68H114N7Na10O12S20-5. The summed E-state index contributed by atoms with van der Waals surface area (Å²) in [7, 11) is 0. The van der Waals surface area contributed by atoms with Gasteiger partial charge in [-0.3, -0.25) is 19.2 Å². The number of hydrogen-bond donors (Lipinski definition) is 3. The largest absolute Gasteiger partial charge is 1.00 e. The van der Waals surface area contributed by atoms with Crippen LogP contribution < -0.4 is 312 Å². The summed E-state index contributed by atoms with van der Waals surface area (Å²) in [6.45, 7) is 6.35. The van der Waals surface area contributed by atoms with Crippen molar-refractivity contribution in [1.82, 2.24) is 35.6 Å². The Labute approximate surface area is 1040 Å². The molecule has 0 saturated heterocycles. The van der Waals surface area contributed by atoms with Crippen LogP contribution in [0.2, 0.25) is 0 Å². The van der Waals surface area contributed by atoms with Crippen molar-refractivity contribution in [2.24, 2.45) is 5.41 Å². The zero-order valence-electron chi connectivity index (χ0n) is 71.5. The Hall–Kier alpha value is 10.1. The van der Waals surface area contributed by atoms with Crippen molar-refractivity contribution in [3.63, 3.8) is 0 Å². The monoisotopic (exact) mass is 2090 g/mol. The molecule has 49 heteroatoms. The van der Waals surface area contributed by atoms with Crippen LogP contribution in [0, 0.1) is 5.41 Å². The SMILES string of the molecule is O=C(CCN([C-]=S)CCCCCCC[C-]=S)OCCOCC(COCCOC(=O)CCN([C-]=S)CCCCCCNC(=S)[S-])(COCCOC(=O)CCN([C-]=S)CCCCCCNC(=S)[S-])COCCOC(=O)CCN(CCCCCCCC(=S)[S-])C(=S)[S-].S=[C-]NCCCCCCCC(=S)[S-].[Na+].[Na+].[Na+].[Na+].[Na+].[Na+].[Na+].[Na+].[Na+].[Na+].[SH-].[SH-].[SH-].[SH-].[SH-]. The molecule has 0 atom stereocenters. The van der Waals surface area contributed by atoms with Gasteiger partial charge in [-0.15, -0.1) is 0 Å². The molecule has 0 aromatic rings. The molecule has 0 aromatic heterocycles. The van der Waals surface area contributed by atoms with Crippen LogP contribution >= 0.6 is 122 Å². The number of thiocarbonyl (C=S) groups is 10. The number of nitrogens with zero attached hydrogens (tertiary/aromatic N) is 4. The van der Waals surface area contributed by atoms with Crippen molar-refractivity contribution in [1.29, 1.82) is 0 Å². The van der Waals surface area contributed by atoms with Crippen molar-refractivity contribution in [3.8, 4) is 0 Å². The number of thiol groups is 5. The van der Waals surface area contributed by atoms with E-state index >= 15 is 0 Å². The second kappa shape index (κ2) is 128. The number of nitrogens with one attached hydrogen (secondary N) is 3. The fraction of sp³-hybridized carbons (Fsp3) is 0.794. The molecule has 0 rings (SSSR count). The van der Waals surface area contributed by atoms with Gasteiger partial charge in [-0.2, -0.15) is 14.8 Å². The van der Waals surface area contributed by atoms with Gasteiger partial charge >= 0.3 is 319 Å². The van der Waals surface area contributed by atoms with Gasteiger partial charge in [0.05, 0.1) is 84.0 Å². The average Bonchev–Trinajstić information content (AvgIpc) is 0.867. The predicted molar refractivity (Wildman–Crippen MR) is 505 cm³/mol. The number of esters is 4. The summed E-state index contributed by atoms with van der Waals surface area (Å²) >= 11 is 74.4. The molecule has 3 N–H and O–H groups in total. The molecule has 0 amide bonds. The zero-order chi connectivity index (χ0) is 75.8. The van der Waals surface area contributed by atoms with Gasteiger partial charge in [-0.05, 0) is 104 Å². The zero-order valence-corrected chi connectivity index (χ0v) is 108. The van der Waals surface area contributed by atoms with E-state index in [9.17, 15) is 19.2 Å². The predicted octanol–water partition coefficient (Wildman–Crippen LogP) is -20.0. The van der Waals surface area contributed by atoms with Crippen LogP contribution in [-0.2, 0) is 188 Å². The van der Waals surface area contributed by atoms with E-state index < -0.39 is 29.3 Å². The summed E-state index contributed by atoms with van der Waals surface area (Å²) in [6, 6.07) is 0. The third-order valence-electron chi connectivity index (χ3n) is 15.1. The quantitative estimate of drug-likeness (QED) is 0.00599. The molecule has 0 heterocycles. The molecule has 0 aliphatic carbocycles. The Morgan fingerprint density at radius 3 is 0.855 bits per heavy atom. The van der Waals surface area contributed by atoms with Gasteiger partial charge in [0.1, 0.15) is 26.4 Å². The van der Waals surface area contributed by atoms with E-state index in [-0.39, 0.29) is 468 Å². The molecular weight excluding hydrogens is 1980 g/mol. The van der Waals surface area contributed by atoms with Gasteiger partial charge in [0.15, 0.2) is 0 Å². The van der Waals surface area contributed by atoms with Gasteiger partial charge in [-0.1, -0.05) is 116 Å². The third-order valence-corrected chi connectivity index (χ3v) is 18.1. The number of ether oxygens (including phenoxy) is 8. The molecule has 0 aliphatic heterocycles. The molecule has 0 saturated carbocycles. The van der Waals surface area contributed by atoms with Crippen LogP contribution in [0.1, 0.15) is 193 Å². The maximum absolute atomic E-state index is 12.9. The van der Waals surface area contributed by atoms with Crippen molar-refractivity contribution < 1.29 is 353 Å². The minimum atomic E-state index is -1.02. The van der Waals surface area contributed by atoms with E-state index in [1.165, 1.54) is 25.7 Å². The van der Waals surface area contributed by atoms with Gasteiger partial charge in [0.2, 0.25) is 0 Å². The second-order valence-corrected chi connectivity index (χ2v) is 30.5. The summed E-state index contributed by atoms with van der Waals surface area (Å²) in [6.07, 6.45) is 26.7. The van der Waals surface area contributed by atoms with Crippen molar-refractivity contribution >= 4 is 325 Å². The summed E-state index contributed by atoms with van der Waals surface area (Å²) in [5.41, 5.74) is 9.67. The summed E-state index contributed by atoms with van der Waals surface area (Å²) in [5.74, 6) is -1.71. The van der Waals surface area contributed by atoms with E-state index in [1.54, 1.807) is 9.80 Å². The van der Waals surface area contributed by atoms with Crippen LogP contribution in [0.4, 0.5) is 0 Å². The molecule has 628 valence electrons. The molecule has 117 heavy (non-hydrogen) atoms. The fourth-order valence-corrected chi connectivity index (χ4v) is 11.6. The van der Waals surface area contributed by atoms with Crippen molar-refractivity contribution in [3.05, 3.63) is 0 Å². The van der Waals surface area contributed by atoms with E-state index in [0.29, 0.717) is 69.5 Å². The van der Waals surface area contributed by atoms with Gasteiger partial charge in [-0.25, -0.2) is 0 Å².